The van der Waals surface area contributed by atoms with Gasteiger partial charge in [-0.15, -0.1) is 0 Å². The van der Waals surface area contributed by atoms with Crippen molar-refractivity contribution in [1.29, 1.82) is 0 Å². The highest BCUT2D eigenvalue weighted by molar-refractivity contribution is 6.06. The van der Waals surface area contributed by atoms with E-state index in [9.17, 15) is 4.79 Å². The molecule has 0 unspecified atom stereocenters. The zero-order valence-electron chi connectivity index (χ0n) is 14.8. The van der Waals surface area contributed by atoms with E-state index in [-0.39, 0.29) is 5.91 Å². The van der Waals surface area contributed by atoms with Crippen LogP contribution < -0.4 is 10.5 Å². The van der Waals surface area contributed by atoms with Crippen molar-refractivity contribution in [3.05, 3.63) is 48.3 Å². The van der Waals surface area contributed by atoms with E-state index in [1.165, 1.54) is 6.42 Å². The first-order chi connectivity index (χ1) is 12.7. The SMILES string of the molecule is COc1ccc(-n2ccc3c(N)c(C(=O)N4CCCCC4)cnc32)cc1. The lowest BCUT2D eigenvalue weighted by Gasteiger charge is -2.27. The number of nitrogens with zero attached hydrogens (tertiary/aromatic N) is 3. The minimum Gasteiger partial charge on any atom is -0.497 e. The molecular formula is C20H22N4O2. The largest absolute Gasteiger partial charge is 0.497 e. The fourth-order valence-electron chi connectivity index (χ4n) is 3.50. The molecular weight excluding hydrogens is 328 g/mol. The summed E-state index contributed by atoms with van der Waals surface area (Å²) in [5.41, 5.74) is 9.03. The van der Waals surface area contributed by atoms with E-state index in [0.717, 1.165) is 48.4 Å². The van der Waals surface area contributed by atoms with Crippen LogP contribution in [0.4, 0.5) is 5.69 Å². The third kappa shape index (κ3) is 2.77. The van der Waals surface area contributed by atoms with Crippen LogP contribution in [-0.4, -0.2) is 40.6 Å². The van der Waals surface area contributed by atoms with Gasteiger partial charge in [0.05, 0.1) is 18.4 Å². The summed E-state index contributed by atoms with van der Waals surface area (Å²) in [5.74, 6) is 0.779. The molecule has 1 aromatic carbocycles. The summed E-state index contributed by atoms with van der Waals surface area (Å²) >= 11 is 0. The number of ether oxygens (including phenoxy) is 1. The number of hydrogen-bond acceptors (Lipinski definition) is 4. The molecule has 134 valence electrons. The molecule has 1 aliphatic heterocycles. The lowest BCUT2D eigenvalue weighted by Crippen LogP contribution is -2.36. The zero-order chi connectivity index (χ0) is 18.1. The van der Waals surface area contributed by atoms with Crippen LogP contribution >= 0.6 is 0 Å². The van der Waals surface area contributed by atoms with Gasteiger partial charge in [-0.25, -0.2) is 4.98 Å². The number of hydrogen-bond donors (Lipinski definition) is 1. The molecule has 1 fully saturated rings. The Morgan fingerprint density at radius 2 is 1.85 bits per heavy atom. The van der Waals surface area contributed by atoms with E-state index >= 15 is 0 Å². The Hall–Kier alpha value is -3.02. The summed E-state index contributed by atoms with van der Waals surface area (Å²) in [7, 11) is 1.64. The van der Waals surface area contributed by atoms with Crippen molar-refractivity contribution in [2.45, 2.75) is 19.3 Å². The maximum atomic E-state index is 12.8. The number of fused-ring (bicyclic) bond motifs is 1. The molecule has 1 saturated heterocycles. The quantitative estimate of drug-likeness (QED) is 0.787. The number of rotatable bonds is 3. The van der Waals surface area contributed by atoms with Crippen molar-refractivity contribution >= 4 is 22.6 Å². The maximum Gasteiger partial charge on any atom is 0.257 e. The van der Waals surface area contributed by atoms with Crippen LogP contribution in [0.25, 0.3) is 16.7 Å². The number of nitrogen functional groups attached to an aromatic ring is 1. The molecule has 1 amide bonds. The molecule has 1 aliphatic rings. The second kappa shape index (κ2) is 6.71. The van der Waals surface area contributed by atoms with Crippen LogP contribution in [0.15, 0.2) is 42.7 Å². The summed E-state index contributed by atoms with van der Waals surface area (Å²) in [6.45, 7) is 1.59. The fraction of sp³-hybridized carbons (Fsp3) is 0.300. The molecule has 6 heteroatoms. The average Bonchev–Trinajstić information content (AvgIpc) is 3.13. The number of pyridine rings is 1. The smallest absolute Gasteiger partial charge is 0.257 e. The number of aromatic nitrogens is 2. The Morgan fingerprint density at radius 3 is 2.54 bits per heavy atom. The van der Waals surface area contributed by atoms with Crippen LogP contribution in [-0.2, 0) is 0 Å². The number of amides is 1. The van der Waals surface area contributed by atoms with Gasteiger partial charge in [-0.3, -0.25) is 4.79 Å². The first-order valence-electron chi connectivity index (χ1n) is 8.88. The van der Waals surface area contributed by atoms with Gasteiger partial charge in [-0.05, 0) is 49.6 Å². The maximum absolute atomic E-state index is 12.8. The van der Waals surface area contributed by atoms with E-state index < -0.39 is 0 Å². The van der Waals surface area contributed by atoms with E-state index in [1.807, 2.05) is 46.0 Å². The molecule has 3 aromatic rings. The Morgan fingerprint density at radius 1 is 1.12 bits per heavy atom. The van der Waals surface area contributed by atoms with Crippen molar-refractivity contribution in [1.82, 2.24) is 14.5 Å². The normalized spacial score (nSPS) is 14.6. The van der Waals surface area contributed by atoms with Crippen molar-refractivity contribution in [3.8, 4) is 11.4 Å². The van der Waals surface area contributed by atoms with Gasteiger partial charge in [-0.2, -0.15) is 0 Å². The molecule has 26 heavy (non-hydrogen) atoms. The topological polar surface area (TPSA) is 73.4 Å². The predicted molar refractivity (Wildman–Crippen MR) is 102 cm³/mol. The minimum absolute atomic E-state index is 0.0196. The molecule has 0 aliphatic carbocycles. The third-order valence-corrected chi connectivity index (χ3v) is 4.98. The Labute approximate surface area is 152 Å². The highest BCUT2D eigenvalue weighted by Gasteiger charge is 2.22. The number of anilines is 1. The molecule has 2 aromatic heterocycles. The molecule has 0 atom stereocenters. The van der Waals surface area contributed by atoms with Gasteiger partial charge < -0.3 is 19.9 Å². The van der Waals surface area contributed by atoms with E-state index in [4.69, 9.17) is 10.5 Å². The molecule has 3 heterocycles. The highest BCUT2D eigenvalue weighted by atomic mass is 16.5. The Balaban J connectivity index is 1.71. The Kier molecular flexibility index (Phi) is 4.24. The van der Waals surface area contributed by atoms with Gasteiger partial charge in [0.1, 0.15) is 11.4 Å². The number of methoxy groups -OCH3 is 1. The summed E-state index contributed by atoms with van der Waals surface area (Å²) in [4.78, 5) is 19.2. The summed E-state index contributed by atoms with van der Waals surface area (Å²) in [6.07, 6.45) is 6.81. The minimum atomic E-state index is -0.0196. The monoisotopic (exact) mass is 350 g/mol. The summed E-state index contributed by atoms with van der Waals surface area (Å²) in [6, 6.07) is 9.64. The number of carbonyl (C=O) groups excluding carboxylic acids is 1. The molecule has 4 rings (SSSR count). The number of likely N-dealkylation sites (tertiary alicyclic amines) is 1. The first kappa shape index (κ1) is 16.4. The summed E-state index contributed by atoms with van der Waals surface area (Å²) < 4.78 is 7.16. The van der Waals surface area contributed by atoms with E-state index in [0.29, 0.717) is 11.3 Å². The van der Waals surface area contributed by atoms with Crippen LogP contribution in [0, 0.1) is 0 Å². The second-order valence-electron chi connectivity index (χ2n) is 6.56. The summed E-state index contributed by atoms with van der Waals surface area (Å²) in [5, 5.41) is 0.795. The van der Waals surface area contributed by atoms with Crippen molar-refractivity contribution in [2.75, 3.05) is 25.9 Å². The third-order valence-electron chi connectivity index (χ3n) is 4.98. The Bertz CT molecular complexity index is 940. The molecule has 0 saturated carbocycles. The molecule has 0 bridgehead atoms. The van der Waals surface area contributed by atoms with Crippen LogP contribution in [0.3, 0.4) is 0 Å². The first-order valence-corrected chi connectivity index (χ1v) is 8.88. The van der Waals surface area contributed by atoms with E-state index in [1.54, 1.807) is 13.3 Å². The molecule has 6 nitrogen and oxygen atoms in total. The van der Waals surface area contributed by atoms with Gasteiger partial charge >= 0.3 is 0 Å². The number of benzene rings is 1. The van der Waals surface area contributed by atoms with Crippen LogP contribution in [0.5, 0.6) is 5.75 Å². The standard InChI is InChI=1S/C20H22N4O2/c1-26-15-7-5-14(6-8-15)24-12-9-16-18(21)17(13-22-19(16)24)20(25)23-10-3-2-4-11-23/h5-9,12-13H,2-4,10-11H2,1H3,(H2,21,22). The van der Waals surface area contributed by atoms with Crippen LogP contribution in [0.2, 0.25) is 0 Å². The van der Waals surface area contributed by atoms with Crippen molar-refractivity contribution in [2.24, 2.45) is 0 Å². The molecule has 2 N–H and O–H groups in total. The van der Waals surface area contributed by atoms with Gasteiger partial charge in [0.15, 0.2) is 0 Å². The predicted octanol–water partition coefficient (Wildman–Crippen LogP) is 3.24. The molecule has 0 radical (unpaired) electrons. The van der Waals surface area contributed by atoms with Crippen molar-refractivity contribution < 1.29 is 9.53 Å². The van der Waals surface area contributed by atoms with Gasteiger partial charge in [0.2, 0.25) is 0 Å². The fourth-order valence-corrected chi connectivity index (χ4v) is 3.50. The molecule has 0 spiro atoms. The second-order valence-corrected chi connectivity index (χ2v) is 6.56. The lowest BCUT2D eigenvalue weighted by atomic mass is 10.1. The highest BCUT2D eigenvalue weighted by Crippen LogP contribution is 2.28. The number of nitrogens with two attached hydrogens (primary N) is 1. The van der Waals surface area contributed by atoms with Crippen LogP contribution in [0.1, 0.15) is 29.6 Å². The average molecular weight is 350 g/mol. The zero-order valence-corrected chi connectivity index (χ0v) is 14.8. The van der Waals surface area contributed by atoms with Gasteiger partial charge in [-0.1, -0.05) is 0 Å². The van der Waals surface area contributed by atoms with Crippen molar-refractivity contribution in [3.63, 3.8) is 0 Å². The lowest BCUT2D eigenvalue weighted by molar-refractivity contribution is 0.0725. The van der Waals surface area contributed by atoms with Gasteiger partial charge in [0, 0.05) is 36.6 Å². The number of piperidine rings is 1. The van der Waals surface area contributed by atoms with E-state index in [2.05, 4.69) is 4.98 Å². The number of carbonyl (C=O) groups is 1. The van der Waals surface area contributed by atoms with Gasteiger partial charge in [0.25, 0.3) is 5.91 Å².